The van der Waals surface area contributed by atoms with E-state index in [0.717, 1.165) is 5.57 Å². The van der Waals surface area contributed by atoms with Crippen LogP contribution < -0.4 is 5.32 Å². The van der Waals surface area contributed by atoms with Gasteiger partial charge >= 0.3 is 0 Å². The zero-order valence-electron chi connectivity index (χ0n) is 9.18. The SMILES string of the molecule is CC(C)=CCNC(=O)c1ccc(F)cc1I. The second-order valence-corrected chi connectivity index (χ2v) is 4.78. The maximum Gasteiger partial charge on any atom is 0.252 e. The summed E-state index contributed by atoms with van der Waals surface area (Å²) in [6, 6.07) is 4.13. The van der Waals surface area contributed by atoms with E-state index in [0.29, 0.717) is 15.7 Å². The Bertz CT molecular complexity index is 425. The summed E-state index contributed by atoms with van der Waals surface area (Å²) >= 11 is 1.95. The predicted molar refractivity (Wildman–Crippen MR) is 70.9 cm³/mol. The Labute approximate surface area is 108 Å². The summed E-state index contributed by atoms with van der Waals surface area (Å²) in [6.07, 6.45) is 1.92. The standard InChI is InChI=1S/C12H13FINO/c1-8(2)5-6-15-12(16)10-4-3-9(13)7-11(10)14/h3-5,7H,6H2,1-2H3,(H,15,16). The fourth-order valence-electron chi connectivity index (χ4n) is 1.12. The molecule has 0 heterocycles. The van der Waals surface area contributed by atoms with Crippen LogP contribution >= 0.6 is 22.6 Å². The van der Waals surface area contributed by atoms with Crippen LogP contribution in [0.25, 0.3) is 0 Å². The zero-order valence-corrected chi connectivity index (χ0v) is 11.3. The Kier molecular flexibility index (Phi) is 4.92. The summed E-state index contributed by atoms with van der Waals surface area (Å²) in [5.41, 5.74) is 1.65. The second-order valence-electron chi connectivity index (χ2n) is 3.62. The number of hydrogen-bond donors (Lipinski definition) is 1. The van der Waals surface area contributed by atoms with E-state index in [1.165, 1.54) is 18.2 Å². The third-order valence-electron chi connectivity index (χ3n) is 1.95. The highest BCUT2D eigenvalue weighted by Crippen LogP contribution is 2.13. The lowest BCUT2D eigenvalue weighted by molar-refractivity contribution is 0.0957. The van der Waals surface area contributed by atoms with Gasteiger partial charge in [0.1, 0.15) is 5.82 Å². The van der Waals surface area contributed by atoms with E-state index >= 15 is 0 Å². The number of nitrogens with one attached hydrogen (secondary N) is 1. The van der Waals surface area contributed by atoms with Crippen molar-refractivity contribution in [2.45, 2.75) is 13.8 Å². The summed E-state index contributed by atoms with van der Waals surface area (Å²) in [6.45, 7) is 4.43. The Hall–Kier alpha value is -0.910. The molecule has 0 fully saturated rings. The average molecular weight is 333 g/mol. The van der Waals surface area contributed by atoms with Crippen LogP contribution in [0.5, 0.6) is 0 Å². The first kappa shape index (κ1) is 13.2. The monoisotopic (exact) mass is 333 g/mol. The molecule has 16 heavy (non-hydrogen) atoms. The molecule has 0 saturated carbocycles. The number of hydrogen-bond acceptors (Lipinski definition) is 1. The zero-order chi connectivity index (χ0) is 12.1. The van der Waals surface area contributed by atoms with E-state index in [-0.39, 0.29) is 11.7 Å². The van der Waals surface area contributed by atoms with Crippen LogP contribution in [-0.2, 0) is 0 Å². The van der Waals surface area contributed by atoms with E-state index in [2.05, 4.69) is 5.32 Å². The van der Waals surface area contributed by atoms with E-state index in [1.54, 1.807) is 0 Å². The molecule has 0 saturated heterocycles. The molecule has 0 radical (unpaired) electrons. The number of carbonyl (C=O) groups excluding carboxylic acids is 1. The Balaban J connectivity index is 2.70. The summed E-state index contributed by atoms with van der Waals surface area (Å²) in [4.78, 5) is 11.7. The lowest BCUT2D eigenvalue weighted by Gasteiger charge is -2.05. The van der Waals surface area contributed by atoms with Crippen molar-refractivity contribution in [3.63, 3.8) is 0 Å². The molecule has 86 valence electrons. The number of carbonyl (C=O) groups is 1. The first-order chi connectivity index (χ1) is 7.50. The van der Waals surface area contributed by atoms with Crippen molar-refractivity contribution in [3.05, 3.63) is 44.8 Å². The van der Waals surface area contributed by atoms with Crippen molar-refractivity contribution in [2.24, 2.45) is 0 Å². The van der Waals surface area contributed by atoms with Crippen molar-refractivity contribution < 1.29 is 9.18 Å². The molecule has 1 aromatic carbocycles. The van der Waals surface area contributed by atoms with Crippen LogP contribution in [-0.4, -0.2) is 12.5 Å². The number of rotatable bonds is 3. The molecule has 0 aliphatic heterocycles. The lowest BCUT2D eigenvalue weighted by Crippen LogP contribution is -2.24. The van der Waals surface area contributed by atoms with Crippen LogP contribution in [0.1, 0.15) is 24.2 Å². The largest absolute Gasteiger partial charge is 0.349 e. The van der Waals surface area contributed by atoms with Gasteiger partial charge in [0.05, 0.1) is 5.56 Å². The van der Waals surface area contributed by atoms with Gasteiger partial charge in [-0.25, -0.2) is 4.39 Å². The van der Waals surface area contributed by atoms with Crippen molar-refractivity contribution in [2.75, 3.05) is 6.54 Å². The molecule has 0 aliphatic carbocycles. The summed E-state index contributed by atoms with van der Waals surface area (Å²) < 4.78 is 13.4. The van der Waals surface area contributed by atoms with Gasteiger partial charge in [-0.05, 0) is 54.6 Å². The van der Waals surface area contributed by atoms with Gasteiger partial charge in [0, 0.05) is 10.1 Å². The molecule has 2 nitrogen and oxygen atoms in total. The molecule has 1 rings (SSSR count). The van der Waals surface area contributed by atoms with Gasteiger partial charge < -0.3 is 5.32 Å². The van der Waals surface area contributed by atoms with E-state index < -0.39 is 0 Å². The molecule has 0 aromatic heterocycles. The minimum atomic E-state index is -0.328. The molecular weight excluding hydrogens is 320 g/mol. The molecule has 0 spiro atoms. The molecule has 4 heteroatoms. The second kappa shape index (κ2) is 5.98. The number of halogens is 2. The summed E-state index contributed by atoms with van der Waals surface area (Å²) in [5, 5.41) is 2.75. The normalized spacial score (nSPS) is 9.75. The van der Waals surface area contributed by atoms with Crippen molar-refractivity contribution in [3.8, 4) is 0 Å². The Morgan fingerprint density at radius 2 is 2.19 bits per heavy atom. The molecule has 1 aromatic rings. The van der Waals surface area contributed by atoms with Crippen molar-refractivity contribution in [1.29, 1.82) is 0 Å². The molecule has 0 aliphatic rings. The van der Waals surface area contributed by atoms with E-state index in [1.807, 2.05) is 42.5 Å². The fraction of sp³-hybridized carbons (Fsp3) is 0.250. The lowest BCUT2D eigenvalue weighted by atomic mass is 10.2. The van der Waals surface area contributed by atoms with Gasteiger partial charge in [0.25, 0.3) is 5.91 Å². The van der Waals surface area contributed by atoms with Gasteiger partial charge in [-0.15, -0.1) is 0 Å². The van der Waals surface area contributed by atoms with Gasteiger partial charge in [0.2, 0.25) is 0 Å². The number of benzene rings is 1. The van der Waals surface area contributed by atoms with Crippen LogP contribution in [0, 0.1) is 9.39 Å². The maximum absolute atomic E-state index is 12.8. The minimum Gasteiger partial charge on any atom is -0.349 e. The molecule has 0 bridgehead atoms. The smallest absolute Gasteiger partial charge is 0.252 e. The van der Waals surface area contributed by atoms with Crippen LogP contribution in [0.4, 0.5) is 4.39 Å². The predicted octanol–water partition coefficient (Wildman–Crippen LogP) is 3.13. The van der Waals surface area contributed by atoms with Crippen LogP contribution in [0.2, 0.25) is 0 Å². The van der Waals surface area contributed by atoms with Crippen LogP contribution in [0.15, 0.2) is 29.8 Å². The quantitative estimate of drug-likeness (QED) is 0.668. The highest BCUT2D eigenvalue weighted by molar-refractivity contribution is 14.1. The highest BCUT2D eigenvalue weighted by atomic mass is 127. The summed E-state index contributed by atoms with van der Waals surface area (Å²) in [7, 11) is 0. The third-order valence-corrected chi connectivity index (χ3v) is 2.84. The first-order valence-corrected chi connectivity index (χ1v) is 5.95. The van der Waals surface area contributed by atoms with Gasteiger partial charge in [-0.2, -0.15) is 0 Å². The van der Waals surface area contributed by atoms with E-state index in [4.69, 9.17) is 0 Å². The molecule has 0 unspecified atom stereocenters. The molecular formula is C12H13FINO. The van der Waals surface area contributed by atoms with Gasteiger partial charge in [-0.3, -0.25) is 4.79 Å². The fourth-order valence-corrected chi connectivity index (χ4v) is 1.84. The van der Waals surface area contributed by atoms with Crippen molar-refractivity contribution in [1.82, 2.24) is 5.32 Å². The molecule has 0 atom stereocenters. The highest BCUT2D eigenvalue weighted by Gasteiger charge is 2.09. The summed E-state index contributed by atoms with van der Waals surface area (Å²) in [5.74, 6) is -0.507. The van der Waals surface area contributed by atoms with Gasteiger partial charge in [-0.1, -0.05) is 11.6 Å². The topological polar surface area (TPSA) is 29.1 Å². The first-order valence-electron chi connectivity index (χ1n) is 4.87. The Morgan fingerprint density at radius 3 is 2.75 bits per heavy atom. The number of allylic oxidation sites excluding steroid dienone is 1. The van der Waals surface area contributed by atoms with E-state index in [9.17, 15) is 9.18 Å². The minimum absolute atomic E-state index is 0.179. The van der Waals surface area contributed by atoms with Crippen LogP contribution in [0.3, 0.4) is 0 Å². The third kappa shape index (κ3) is 3.92. The maximum atomic E-state index is 12.8. The van der Waals surface area contributed by atoms with Crippen molar-refractivity contribution >= 4 is 28.5 Å². The average Bonchev–Trinajstić information content (AvgIpc) is 2.16. The van der Waals surface area contributed by atoms with Gasteiger partial charge in [0.15, 0.2) is 0 Å². The molecule has 1 N–H and O–H groups in total. The molecule has 1 amide bonds. The number of amides is 1. The Morgan fingerprint density at radius 1 is 1.50 bits per heavy atom.